The molecule has 0 aromatic heterocycles. The van der Waals surface area contributed by atoms with Crippen LogP contribution in [0.25, 0.3) is 0 Å². The minimum atomic E-state index is 0.211. The zero-order valence-corrected chi connectivity index (χ0v) is 10.9. The van der Waals surface area contributed by atoms with E-state index in [1.54, 1.807) is 0 Å². The Morgan fingerprint density at radius 2 is 2.24 bits per heavy atom. The van der Waals surface area contributed by atoms with Gasteiger partial charge in [-0.2, -0.15) is 0 Å². The molecule has 1 aromatic rings. The lowest BCUT2D eigenvalue weighted by Crippen LogP contribution is -2.37. The van der Waals surface area contributed by atoms with Crippen LogP contribution in [0.3, 0.4) is 0 Å². The Balaban J connectivity index is 2.04. The van der Waals surface area contributed by atoms with Gasteiger partial charge in [0.05, 0.1) is 6.42 Å². The molecule has 0 bridgehead atoms. The van der Waals surface area contributed by atoms with E-state index < -0.39 is 0 Å². The average Bonchev–Trinajstić information content (AvgIpc) is 2.80. The second-order valence-corrected chi connectivity index (χ2v) is 4.95. The van der Waals surface area contributed by atoms with Gasteiger partial charge in [0.1, 0.15) is 0 Å². The highest BCUT2D eigenvalue weighted by atomic mass is 35.5. The molecule has 1 unspecified atom stereocenters. The van der Waals surface area contributed by atoms with E-state index in [1.165, 1.54) is 5.56 Å². The Labute approximate surface area is 108 Å². The van der Waals surface area contributed by atoms with Crippen molar-refractivity contribution >= 4 is 17.5 Å². The zero-order valence-electron chi connectivity index (χ0n) is 10.2. The van der Waals surface area contributed by atoms with Gasteiger partial charge in [0.25, 0.3) is 0 Å². The molecule has 1 atom stereocenters. The van der Waals surface area contributed by atoms with Crippen molar-refractivity contribution in [3.8, 4) is 0 Å². The van der Waals surface area contributed by atoms with Crippen molar-refractivity contribution in [2.24, 2.45) is 0 Å². The molecule has 17 heavy (non-hydrogen) atoms. The van der Waals surface area contributed by atoms with Gasteiger partial charge in [-0.25, -0.2) is 0 Å². The fourth-order valence-corrected chi connectivity index (χ4v) is 2.72. The monoisotopic (exact) mass is 251 g/mol. The average molecular weight is 252 g/mol. The van der Waals surface area contributed by atoms with E-state index in [0.29, 0.717) is 12.3 Å². The van der Waals surface area contributed by atoms with Crippen LogP contribution >= 0.6 is 11.6 Å². The number of alkyl halides is 1. The van der Waals surface area contributed by atoms with Gasteiger partial charge in [-0.15, -0.1) is 11.6 Å². The van der Waals surface area contributed by atoms with Gasteiger partial charge in [-0.1, -0.05) is 24.3 Å². The highest BCUT2D eigenvalue weighted by Gasteiger charge is 2.27. The molecule has 2 rings (SSSR count). The van der Waals surface area contributed by atoms with Crippen molar-refractivity contribution in [1.29, 1.82) is 0 Å². The summed E-state index contributed by atoms with van der Waals surface area (Å²) < 4.78 is 0. The van der Waals surface area contributed by atoms with Crippen molar-refractivity contribution in [2.75, 3.05) is 12.4 Å². The maximum absolute atomic E-state index is 12.2. The molecule has 1 saturated heterocycles. The SMILES string of the molecule is Cc1ccccc1CC(=O)N1CCCC1CCl. The molecule has 92 valence electrons. The van der Waals surface area contributed by atoms with E-state index in [-0.39, 0.29) is 11.9 Å². The third-order valence-corrected chi connectivity index (χ3v) is 3.83. The zero-order chi connectivity index (χ0) is 12.3. The van der Waals surface area contributed by atoms with Gasteiger partial charge in [0.15, 0.2) is 0 Å². The van der Waals surface area contributed by atoms with Gasteiger partial charge in [-0.05, 0) is 30.9 Å². The quantitative estimate of drug-likeness (QED) is 0.757. The van der Waals surface area contributed by atoms with Crippen LogP contribution < -0.4 is 0 Å². The molecule has 0 aliphatic carbocycles. The highest BCUT2D eigenvalue weighted by Crippen LogP contribution is 2.20. The number of halogens is 1. The Hall–Kier alpha value is -1.02. The highest BCUT2D eigenvalue weighted by molar-refractivity contribution is 6.18. The maximum Gasteiger partial charge on any atom is 0.227 e. The molecule has 1 amide bonds. The van der Waals surface area contributed by atoms with E-state index in [2.05, 4.69) is 0 Å². The molecule has 0 radical (unpaired) electrons. The van der Waals surface area contributed by atoms with Crippen LogP contribution in [0, 0.1) is 6.92 Å². The maximum atomic E-state index is 12.2. The summed E-state index contributed by atoms with van der Waals surface area (Å²) in [4.78, 5) is 14.1. The summed E-state index contributed by atoms with van der Waals surface area (Å²) in [6.07, 6.45) is 2.62. The number of carbonyl (C=O) groups is 1. The second kappa shape index (κ2) is 5.54. The van der Waals surface area contributed by atoms with Crippen LogP contribution in [-0.4, -0.2) is 29.3 Å². The number of benzene rings is 1. The van der Waals surface area contributed by atoms with Crippen molar-refractivity contribution in [3.05, 3.63) is 35.4 Å². The smallest absolute Gasteiger partial charge is 0.227 e. The summed E-state index contributed by atoms with van der Waals surface area (Å²) >= 11 is 5.89. The van der Waals surface area contributed by atoms with E-state index in [1.807, 2.05) is 36.1 Å². The lowest BCUT2D eigenvalue weighted by Gasteiger charge is -2.23. The third-order valence-electron chi connectivity index (χ3n) is 3.48. The van der Waals surface area contributed by atoms with Crippen molar-refractivity contribution in [2.45, 2.75) is 32.2 Å². The fourth-order valence-electron chi connectivity index (χ4n) is 2.40. The molecule has 1 heterocycles. The number of likely N-dealkylation sites (tertiary alicyclic amines) is 1. The topological polar surface area (TPSA) is 20.3 Å². The first-order chi connectivity index (χ1) is 8.22. The molecule has 1 fully saturated rings. The van der Waals surface area contributed by atoms with E-state index in [4.69, 9.17) is 11.6 Å². The van der Waals surface area contributed by atoms with Crippen LogP contribution in [0.1, 0.15) is 24.0 Å². The molecule has 0 saturated carbocycles. The normalized spacial score (nSPS) is 19.6. The van der Waals surface area contributed by atoms with Gasteiger partial charge in [-0.3, -0.25) is 4.79 Å². The van der Waals surface area contributed by atoms with Gasteiger partial charge >= 0.3 is 0 Å². The largest absolute Gasteiger partial charge is 0.338 e. The lowest BCUT2D eigenvalue weighted by atomic mass is 10.1. The lowest BCUT2D eigenvalue weighted by molar-refractivity contribution is -0.130. The van der Waals surface area contributed by atoms with Crippen molar-refractivity contribution in [1.82, 2.24) is 4.90 Å². The Bertz CT molecular complexity index is 405. The molecule has 1 aliphatic heterocycles. The standard InChI is InChI=1S/C14H18ClNO/c1-11-5-2-3-6-12(11)9-14(17)16-8-4-7-13(16)10-15/h2-3,5-6,13H,4,7-10H2,1H3. The van der Waals surface area contributed by atoms with Crippen LogP contribution in [0.15, 0.2) is 24.3 Å². The van der Waals surface area contributed by atoms with Crippen LogP contribution in [0.4, 0.5) is 0 Å². The first-order valence-electron chi connectivity index (χ1n) is 6.12. The van der Waals surface area contributed by atoms with Gasteiger partial charge in [0, 0.05) is 18.5 Å². The number of hydrogen-bond acceptors (Lipinski definition) is 1. The number of rotatable bonds is 3. The first-order valence-corrected chi connectivity index (χ1v) is 6.65. The summed E-state index contributed by atoms with van der Waals surface area (Å²) in [6.45, 7) is 2.91. The molecule has 0 spiro atoms. The predicted molar refractivity (Wildman–Crippen MR) is 70.3 cm³/mol. The molecule has 2 nitrogen and oxygen atoms in total. The molecule has 1 aromatic carbocycles. The van der Waals surface area contributed by atoms with Crippen LogP contribution in [-0.2, 0) is 11.2 Å². The Morgan fingerprint density at radius 1 is 1.47 bits per heavy atom. The van der Waals surface area contributed by atoms with E-state index in [9.17, 15) is 4.79 Å². The molecule has 0 N–H and O–H groups in total. The first kappa shape index (κ1) is 12.4. The number of nitrogens with zero attached hydrogens (tertiary/aromatic N) is 1. The number of hydrogen-bond donors (Lipinski definition) is 0. The Morgan fingerprint density at radius 3 is 2.94 bits per heavy atom. The van der Waals surface area contributed by atoms with E-state index >= 15 is 0 Å². The van der Waals surface area contributed by atoms with Gasteiger partial charge in [0.2, 0.25) is 5.91 Å². The molecular formula is C14H18ClNO. The van der Waals surface area contributed by atoms with Crippen LogP contribution in [0.2, 0.25) is 0 Å². The summed E-state index contributed by atoms with van der Waals surface area (Å²) in [6, 6.07) is 8.30. The molecule has 1 aliphatic rings. The van der Waals surface area contributed by atoms with Crippen molar-refractivity contribution in [3.63, 3.8) is 0 Å². The molecule has 3 heteroatoms. The second-order valence-electron chi connectivity index (χ2n) is 4.64. The predicted octanol–water partition coefficient (Wildman–Crippen LogP) is 2.77. The van der Waals surface area contributed by atoms with Crippen molar-refractivity contribution < 1.29 is 4.79 Å². The number of aryl methyl sites for hydroxylation is 1. The minimum Gasteiger partial charge on any atom is -0.338 e. The van der Waals surface area contributed by atoms with Gasteiger partial charge < -0.3 is 4.90 Å². The third kappa shape index (κ3) is 2.81. The summed E-state index contributed by atoms with van der Waals surface area (Å²) in [5.41, 5.74) is 2.31. The fraction of sp³-hybridized carbons (Fsp3) is 0.500. The Kier molecular flexibility index (Phi) is 4.06. The van der Waals surface area contributed by atoms with Crippen LogP contribution in [0.5, 0.6) is 0 Å². The summed E-state index contributed by atoms with van der Waals surface area (Å²) in [5.74, 6) is 0.766. The minimum absolute atomic E-state index is 0.211. The number of amides is 1. The van der Waals surface area contributed by atoms with E-state index in [0.717, 1.165) is 24.9 Å². The summed E-state index contributed by atoms with van der Waals surface area (Å²) in [7, 11) is 0. The summed E-state index contributed by atoms with van der Waals surface area (Å²) in [5, 5.41) is 0. The number of carbonyl (C=O) groups excluding carboxylic acids is 1. The molecular weight excluding hydrogens is 234 g/mol.